The van der Waals surface area contributed by atoms with E-state index in [1.807, 2.05) is 13.8 Å². The van der Waals surface area contributed by atoms with E-state index < -0.39 is 17.8 Å². The lowest BCUT2D eigenvalue weighted by Crippen LogP contribution is -2.30. The number of carbonyl (C=O) groups is 2. The Labute approximate surface area is 97.0 Å². The zero-order valence-electron chi connectivity index (χ0n) is 10.4. The van der Waals surface area contributed by atoms with Crippen molar-refractivity contribution < 1.29 is 19.4 Å². The van der Waals surface area contributed by atoms with Gasteiger partial charge in [-0.25, -0.2) is 0 Å². The summed E-state index contributed by atoms with van der Waals surface area (Å²) in [6, 6.07) is 0. The van der Waals surface area contributed by atoms with E-state index in [1.165, 1.54) is 0 Å². The molecule has 94 valence electrons. The maximum atomic E-state index is 11.7. The average Bonchev–Trinajstić information content (AvgIpc) is 2.25. The van der Waals surface area contributed by atoms with Gasteiger partial charge in [0, 0.05) is 0 Å². The average molecular weight is 230 g/mol. The lowest BCUT2D eigenvalue weighted by atomic mass is 9.88. The highest BCUT2D eigenvalue weighted by Crippen LogP contribution is 2.21. The standard InChI is InChI=1S/C12H22O4/c1-4-7-8-16-12(15)10(6-3)9(5-2)11(13)14/h9-10H,4-8H2,1-3H3,(H,13,14)/t9-,10+/m0/s1. The minimum absolute atomic E-state index is 0.370. The minimum Gasteiger partial charge on any atom is -0.481 e. The molecule has 1 N–H and O–H groups in total. The Morgan fingerprint density at radius 3 is 2.06 bits per heavy atom. The third-order valence-corrected chi connectivity index (χ3v) is 2.73. The molecular formula is C12H22O4. The van der Waals surface area contributed by atoms with Crippen LogP contribution in [0, 0.1) is 11.8 Å². The lowest BCUT2D eigenvalue weighted by molar-refractivity contribution is -0.158. The van der Waals surface area contributed by atoms with Crippen LogP contribution in [0.3, 0.4) is 0 Å². The summed E-state index contributed by atoms with van der Waals surface area (Å²) in [5.74, 6) is -2.43. The Hall–Kier alpha value is -1.06. The summed E-state index contributed by atoms with van der Waals surface area (Å²) in [7, 11) is 0. The van der Waals surface area contributed by atoms with Gasteiger partial charge in [0.25, 0.3) is 0 Å². The second kappa shape index (κ2) is 8.13. The molecule has 4 heteroatoms. The van der Waals surface area contributed by atoms with Gasteiger partial charge < -0.3 is 9.84 Å². The fraction of sp³-hybridized carbons (Fsp3) is 0.833. The molecular weight excluding hydrogens is 208 g/mol. The number of ether oxygens (including phenoxy) is 1. The smallest absolute Gasteiger partial charge is 0.309 e. The van der Waals surface area contributed by atoms with Crippen LogP contribution in [-0.4, -0.2) is 23.7 Å². The molecule has 0 spiro atoms. The highest BCUT2D eigenvalue weighted by Gasteiger charge is 2.31. The molecule has 16 heavy (non-hydrogen) atoms. The molecule has 0 aromatic carbocycles. The van der Waals surface area contributed by atoms with Crippen LogP contribution in [0.25, 0.3) is 0 Å². The van der Waals surface area contributed by atoms with Gasteiger partial charge in [-0.3, -0.25) is 9.59 Å². The van der Waals surface area contributed by atoms with Gasteiger partial charge in [-0.05, 0) is 19.3 Å². The maximum Gasteiger partial charge on any atom is 0.309 e. The molecule has 0 amide bonds. The van der Waals surface area contributed by atoms with Gasteiger partial charge in [-0.2, -0.15) is 0 Å². The zero-order chi connectivity index (χ0) is 12.6. The minimum atomic E-state index is -0.915. The fourth-order valence-electron chi connectivity index (χ4n) is 1.67. The van der Waals surface area contributed by atoms with E-state index >= 15 is 0 Å². The Morgan fingerprint density at radius 2 is 1.69 bits per heavy atom. The Balaban J connectivity index is 4.34. The third-order valence-electron chi connectivity index (χ3n) is 2.73. The molecule has 0 unspecified atom stereocenters. The summed E-state index contributed by atoms with van der Waals surface area (Å²) in [4.78, 5) is 22.6. The van der Waals surface area contributed by atoms with Crippen LogP contribution in [-0.2, 0) is 14.3 Å². The van der Waals surface area contributed by atoms with E-state index in [-0.39, 0.29) is 5.97 Å². The van der Waals surface area contributed by atoms with Crippen molar-refractivity contribution in [3.05, 3.63) is 0 Å². The molecule has 0 saturated heterocycles. The molecule has 0 aromatic heterocycles. The second-order valence-electron chi connectivity index (χ2n) is 3.89. The molecule has 2 atom stereocenters. The maximum absolute atomic E-state index is 11.7. The molecule has 0 fully saturated rings. The van der Waals surface area contributed by atoms with Crippen LogP contribution in [0.4, 0.5) is 0 Å². The van der Waals surface area contributed by atoms with Gasteiger partial charge in [0.1, 0.15) is 0 Å². The zero-order valence-corrected chi connectivity index (χ0v) is 10.4. The van der Waals surface area contributed by atoms with Crippen molar-refractivity contribution in [1.82, 2.24) is 0 Å². The van der Waals surface area contributed by atoms with Crippen molar-refractivity contribution in [2.24, 2.45) is 11.8 Å². The van der Waals surface area contributed by atoms with Crippen molar-refractivity contribution in [3.8, 4) is 0 Å². The number of carbonyl (C=O) groups excluding carboxylic acids is 1. The monoisotopic (exact) mass is 230 g/mol. The van der Waals surface area contributed by atoms with Gasteiger partial charge in [-0.15, -0.1) is 0 Å². The Bertz CT molecular complexity index is 225. The molecule has 0 aliphatic heterocycles. The first-order chi connectivity index (χ1) is 7.58. The van der Waals surface area contributed by atoms with Crippen molar-refractivity contribution in [3.63, 3.8) is 0 Å². The topological polar surface area (TPSA) is 63.6 Å². The van der Waals surface area contributed by atoms with E-state index in [4.69, 9.17) is 9.84 Å². The molecule has 0 aliphatic rings. The lowest BCUT2D eigenvalue weighted by Gasteiger charge is -2.19. The Kier molecular flexibility index (Phi) is 7.60. The summed E-state index contributed by atoms with van der Waals surface area (Å²) in [6.45, 7) is 6.00. The van der Waals surface area contributed by atoms with E-state index in [9.17, 15) is 9.59 Å². The first-order valence-electron chi connectivity index (χ1n) is 5.97. The number of carboxylic acid groups (broad SMARTS) is 1. The van der Waals surface area contributed by atoms with E-state index in [1.54, 1.807) is 6.92 Å². The second-order valence-corrected chi connectivity index (χ2v) is 3.89. The summed E-state index contributed by atoms with van der Waals surface area (Å²) < 4.78 is 5.07. The van der Waals surface area contributed by atoms with Crippen molar-refractivity contribution >= 4 is 11.9 Å². The van der Waals surface area contributed by atoms with Crippen LogP contribution in [0.1, 0.15) is 46.5 Å². The number of hydrogen-bond acceptors (Lipinski definition) is 3. The summed E-state index contributed by atoms with van der Waals surface area (Å²) >= 11 is 0. The van der Waals surface area contributed by atoms with Crippen LogP contribution in [0.15, 0.2) is 0 Å². The quantitative estimate of drug-likeness (QED) is 0.514. The Morgan fingerprint density at radius 1 is 1.12 bits per heavy atom. The largest absolute Gasteiger partial charge is 0.481 e. The number of hydrogen-bond donors (Lipinski definition) is 1. The van der Waals surface area contributed by atoms with E-state index in [2.05, 4.69) is 0 Å². The predicted octanol–water partition coefficient (Wildman–Crippen LogP) is 2.47. The molecule has 0 rings (SSSR count). The number of unbranched alkanes of at least 4 members (excludes halogenated alkanes) is 1. The SMILES string of the molecule is CCCCOC(=O)[C@H](CC)[C@H](CC)C(=O)O. The van der Waals surface area contributed by atoms with Crippen LogP contribution in [0.5, 0.6) is 0 Å². The molecule has 0 aromatic rings. The van der Waals surface area contributed by atoms with Crippen LogP contribution in [0.2, 0.25) is 0 Å². The first-order valence-corrected chi connectivity index (χ1v) is 5.97. The van der Waals surface area contributed by atoms with Crippen molar-refractivity contribution in [2.75, 3.05) is 6.61 Å². The number of carboxylic acids is 1. The van der Waals surface area contributed by atoms with Gasteiger partial charge in [0.2, 0.25) is 0 Å². The molecule has 0 heterocycles. The molecule has 0 saturated carbocycles. The van der Waals surface area contributed by atoms with Gasteiger partial charge in [-0.1, -0.05) is 27.2 Å². The molecule has 0 radical (unpaired) electrons. The van der Waals surface area contributed by atoms with E-state index in [0.29, 0.717) is 19.4 Å². The summed E-state index contributed by atoms with van der Waals surface area (Å²) in [5, 5.41) is 8.99. The van der Waals surface area contributed by atoms with Crippen LogP contribution < -0.4 is 0 Å². The summed E-state index contributed by atoms with van der Waals surface area (Å²) in [6.07, 6.45) is 2.75. The highest BCUT2D eigenvalue weighted by atomic mass is 16.5. The van der Waals surface area contributed by atoms with E-state index in [0.717, 1.165) is 12.8 Å². The summed E-state index contributed by atoms with van der Waals surface area (Å²) in [5.41, 5.74) is 0. The molecule has 4 nitrogen and oxygen atoms in total. The molecule has 0 bridgehead atoms. The van der Waals surface area contributed by atoms with Crippen molar-refractivity contribution in [2.45, 2.75) is 46.5 Å². The third kappa shape index (κ3) is 4.64. The number of aliphatic carboxylic acids is 1. The van der Waals surface area contributed by atoms with Crippen molar-refractivity contribution in [1.29, 1.82) is 0 Å². The molecule has 0 aliphatic carbocycles. The first kappa shape index (κ1) is 14.9. The fourth-order valence-corrected chi connectivity index (χ4v) is 1.67. The predicted molar refractivity (Wildman–Crippen MR) is 61.1 cm³/mol. The van der Waals surface area contributed by atoms with Gasteiger partial charge in [0.05, 0.1) is 18.4 Å². The highest BCUT2D eigenvalue weighted by molar-refractivity contribution is 5.81. The van der Waals surface area contributed by atoms with Crippen LogP contribution >= 0.6 is 0 Å². The normalized spacial score (nSPS) is 14.2. The van der Waals surface area contributed by atoms with Gasteiger partial charge >= 0.3 is 11.9 Å². The van der Waals surface area contributed by atoms with Gasteiger partial charge in [0.15, 0.2) is 0 Å². The number of esters is 1. The number of rotatable bonds is 8.